The standard InChI is InChI=1S/C32H38F3N5O2/c1-2-36-32(42)38-20-29(39-13-9-22(10-14-39)25-19-37-28-6-4-3-5-24(25)28)23-11-15-40(16-12-23)30(41)8-7-21-17-26(33)31(35)27(34)18-21/h3-8,17-19,22-23,29,37H,2,9-16,20H2,1H3,(H2,36,38,42)/b8-7+. The van der Waals surface area contributed by atoms with Crippen molar-refractivity contribution in [3.63, 3.8) is 0 Å². The second-order valence-electron chi connectivity index (χ2n) is 11.2. The number of urea groups is 1. The molecule has 1 unspecified atom stereocenters. The lowest BCUT2D eigenvalue weighted by atomic mass is 9.84. The molecule has 2 aliphatic heterocycles. The Labute approximate surface area is 244 Å². The van der Waals surface area contributed by atoms with Gasteiger partial charge in [0.05, 0.1) is 0 Å². The zero-order valence-corrected chi connectivity index (χ0v) is 23.8. The van der Waals surface area contributed by atoms with Crippen LogP contribution in [0.2, 0.25) is 0 Å². The lowest BCUT2D eigenvalue weighted by Crippen LogP contribution is -2.54. The van der Waals surface area contributed by atoms with Gasteiger partial charge in [0.25, 0.3) is 0 Å². The number of hydrogen-bond acceptors (Lipinski definition) is 3. The lowest BCUT2D eigenvalue weighted by Gasteiger charge is -2.44. The maximum absolute atomic E-state index is 13.5. The summed E-state index contributed by atoms with van der Waals surface area (Å²) in [5.41, 5.74) is 2.61. The summed E-state index contributed by atoms with van der Waals surface area (Å²) in [5, 5.41) is 7.14. The normalized spacial score (nSPS) is 18.0. The molecule has 0 bridgehead atoms. The van der Waals surface area contributed by atoms with E-state index in [1.807, 2.05) is 13.0 Å². The van der Waals surface area contributed by atoms with E-state index in [0.29, 0.717) is 38.0 Å². The van der Waals surface area contributed by atoms with Crippen molar-refractivity contribution in [1.29, 1.82) is 0 Å². The van der Waals surface area contributed by atoms with Crippen molar-refractivity contribution in [2.45, 2.75) is 44.6 Å². The monoisotopic (exact) mass is 581 g/mol. The summed E-state index contributed by atoms with van der Waals surface area (Å²) in [6, 6.07) is 10.1. The number of para-hydroxylation sites is 1. The van der Waals surface area contributed by atoms with Gasteiger partial charge in [-0.05, 0) is 92.9 Å². The van der Waals surface area contributed by atoms with E-state index >= 15 is 0 Å². The number of benzene rings is 2. The van der Waals surface area contributed by atoms with Crippen LogP contribution in [0, 0.1) is 23.4 Å². The summed E-state index contributed by atoms with van der Waals surface area (Å²) in [6.45, 7) is 5.92. The van der Waals surface area contributed by atoms with E-state index in [4.69, 9.17) is 0 Å². The van der Waals surface area contributed by atoms with Crippen LogP contribution in [-0.4, -0.2) is 72.0 Å². The van der Waals surface area contributed by atoms with Crippen LogP contribution in [0.4, 0.5) is 18.0 Å². The Morgan fingerprint density at radius 3 is 2.38 bits per heavy atom. The Balaban J connectivity index is 1.20. The van der Waals surface area contributed by atoms with E-state index in [9.17, 15) is 22.8 Å². The molecular weight excluding hydrogens is 543 g/mol. The Morgan fingerprint density at radius 2 is 1.69 bits per heavy atom. The average Bonchev–Trinajstić information content (AvgIpc) is 3.44. The van der Waals surface area contributed by atoms with Crippen LogP contribution in [0.25, 0.3) is 17.0 Å². The molecule has 224 valence electrons. The number of nitrogens with one attached hydrogen (secondary N) is 3. The SMILES string of the molecule is CCNC(=O)NCC(C1CCN(C(=O)/C=C/c2cc(F)c(F)c(F)c2)CC1)N1CCC(c2c[nH]c3ccccc23)CC1. The van der Waals surface area contributed by atoms with Crippen LogP contribution in [0.1, 0.15) is 49.7 Å². The van der Waals surface area contributed by atoms with Crippen molar-refractivity contribution in [3.05, 3.63) is 77.2 Å². The Kier molecular flexibility index (Phi) is 9.51. The molecule has 42 heavy (non-hydrogen) atoms. The van der Waals surface area contributed by atoms with Gasteiger partial charge in [0.1, 0.15) is 0 Å². The molecule has 10 heteroatoms. The third-order valence-electron chi connectivity index (χ3n) is 8.69. The number of H-pyrrole nitrogens is 1. The zero-order valence-electron chi connectivity index (χ0n) is 23.8. The van der Waals surface area contributed by atoms with Crippen molar-refractivity contribution in [2.75, 3.05) is 39.3 Å². The number of carbonyl (C=O) groups excluding carboxylic acids is 2. The Bertz CT molecular complexity index is 1400. The molecule has 7 nitrogen and oxygen atoms in total. The van der Waals surface area contributed by atoms with Crippen LogP contribution in [-0.2, 0) is 4.79 Å². The van der Waals surface area contributed by atoms with Gasteiger partial charge < -0.3 is 20.5 Å². The Hall–Kier alpha value is -3.79. The van der Waals surface area contributed by atoms with Gasteiger partial charge in [0.15, 0.2) is 17.5 Å². The van der Waals surface area contributed by atoms with E-state index < -0.39 is 17.5 Å². The fourth-order valence-corrected chi connectivity index (χ4v) is 6.44. The maximum atomic E-state index is 13.5. The van der Waals surface area contributed by atoms with Crippen molar-refractivity contribution in [1.82, 2.24) is 25.4 Å². The molecule has 1 aromatic heterocycles. The smallest absolute Gasteiger partial charge is 0.314 e. The summed E-state index contributed by atoms with van der Waals surface area (Å²) in [4.78, 5) is 32.7. The third kappa shape index (κ3) is 6.81. The summed E-state index contributed by atoms with van der Waals surface area (Å²) in [5.74, 6) is -3.59. The lowest BCUT2D eigenvalue weighted by molar-refractivity contribution is -0.127. The number of fused-ring (bicyclic) bond motifs is 1. The molecule has 0 aliphatic carbocycles. The third-order valence-corrected chi connectivity index (χ3v) is 8.69. The maximum Gasteiger partial charge on any atom is 0.314 e. The highest BCUT2D eigenvalue weighted by Crippen LogP contribution is 2.35. The molecule has 3 amide bonds. The van der Waals surface area contributed by atoms with Crippen LogP contribution < -0.4 is 10.6 Å². The molecule has 2 saturated heterocycles. The van der Waals surface area contributed by atoms with Crippen LogP contribution >= 0.6 is 0 Å². The van der Waals surface area contributed by atoms with Gasteiger partial charge in [0.2, 0.25) is 5.91 Å². The number of aromatic nitrogens is 1. The van der Waals surface area contributed by atoms with E-state index in [0.717, 1.165) is 56.4 Å². The first kappa shape index (κ1) is 29.7. The number of halogens is 3. The van der Waals surface area contributed by atoms with Gasteiger partial charge >= 0.3 is 6.03 Å². The molecule has 1 atom stereocenters. The number of nitrogens with zero attached hydrogens (tertiary/aromatic N) is 2. The number of hydrogen-bond donors (Lipinski definition) is 3. The molecule has 2 aromatic carbocycles. The molecule has 0 spiro atoms. The molecule has 2 aliphatic rings. The highest BCUT2D eigenvalue weighted by Gasteiger charge is 2.34. The number of likely N-dealkylation sites (tertiary alicyclic amines) is 2. The summed E-state index contributed by atoms with van der Waals surface area (Å²) >= 11 is 0. The van der Waals surface area contributed by atoms with E-state index in [-0.39, 0.29) is 23.5 Å². The van der Waals surface area contributed by atoms with E-state index in [1.54, 1.807) is 4.90 Å². The zero-order chi connectivity index (χ0) is 29.6. The van der Waals surface area contributed by atoms with Crippen molar-refractivity contribution in [3.8, 4) is 0 Å². The van der Waals surface area contributed by atoms with Crippen LogP contribution in [0.15, 0.2) is 48.7 Å². The highest BCUT2D eigenvalue weighted by molar-refractivity contribution is 5.91. The number of rotatable bonds is 8. The van der Waals surface area contributed by atoms with Crippen molar-refractivity contribution in [2.24, 2.45) is 5.92 Å². The number of carbonyl (C=O) groups is 2. The van der Waals surface area contributed by atoms with Crippen LogP contribution in [0.3, 0.4) is 0 Å². The fourth-order valence-electron chi connectivity index (χ4n) is 6.44. The topological polar surface area (TPSA) is 80.5 Å². The number of amides is 3. The van der Waals surface area contributed by atoms with Gasteiger partial charge in [-0.25, -0.2) is 18.0 Å². The fraction of sp³-hybridized carbons (Fsp3) is 0.438. The predicted octanol–water partition coefficient (Wildman–Crippen LogP) is 5.40. The summed E-state index contributed by atoms with van der Waals surface area (Å²) in [7, 11) is 0. The predicted molar refractivity (Wildman–Crippen MR) is 157 cm³/mol. The number of piperidine rings is 2. The first-order valence-corrected chi connectivity index (χ1v) is 14.8. The van der Waals surface area contributed by atoms with Crippen molar-refractivity contribution >= 4 is 28.9 Å². The Morgan fingerprint density at radius 1 is 1.00 bits per heavy atom. The molecule has 0 radical (unpaired) electrons. The molecule has 3 heterocycles. The average molecular weight is 582 g/mol. The number of aromatic amines is 1. The quantitative estimate of drug-likeness (QED) is 0.246. The summed E-state index contributed by atoms with van der Waals surface area (Å²) < 4.78 is 40.3. The molecule has 3 N–H and O–H groups in total. The molecule has 2 fully saturated rings. The van der Waals surface area contributed by atoms with Gasteiger partial charge in [-0.2, -0.15) is 0 Å². The molecule has 0 saturated carbocycles. The minimum atomic E-state index is -1.53. The second-order valence-corrected chi connectivity index (χ2v) is 11.2. The summed E-state index contributed by atoms with van der Waals surface area (Å²) in [6.07, 6.45) is 8.35. The van der Waals surface area contributed by atoms with Gasteiger partial charge in [-0.3, -0.25) is 9.69 Å². The van der Waals surface area contributed by atoms with E-state index in [1.165, 1.54) is 23.1 Å². The minimum absolute atomic E-state index is 0.0853. The second kappa shape index (κ2) is 13.5. The molecule has 3 aromatic rings. The van der Waals surface area contributed by atoms with Gasteiger partial charge in [-0.1, -0.05) is 18.2 Å². The van der Waals surface area contributed by atoms with Crippen molar-refractivity contribution < 1.29 is 22.8 Å². The van der Waals surface area contributed by atoms with E-state index in [2.05, 4.69) is 44.9 Å². The minimum Gasteiger partial charge on any atom is -0.361 e. The molecular formula is C32H38F3N5O2. The van der Waals surface area contributed by atoms with Gasteiger partial charge in [-0.15, -0.1) is 0 Å². The first-order valence-electron chi connectivity index (χ1n) is 14.8. The largest absolute Gasteiger partial charge is 0.361 e. The molecule has 5 rings (SSSR count). The van der Waals surface area contributed by atoms with Crippen LogP contribution in [0.5, 0.6) is 0 Å². The van der Waals surface area contributed by atoms with Gasteiger partial charge in [0, 0.05) is 55.4 Å². The first-order chi connectivity index (χ1) is 20.3. The highest BCUT2D eigenvalue weighted by atomic mass is 19.2.